The van der Waals surface area contributed by atoms with E-state index in [1.165, 1.54) is 6.42 Å². The van der Waals surface area contributed by atoms with Crippen molar-refractivity contribution >= 4 is 28.4 Å². The standard InChI is InChI=1S/C34H40N4O3/c1-37(2)28-17-15-25(16-18-28)33(34(40)36-27-9-5-4-6-10-27)38(23-24-13-19-29(41-3)20-14-24)32(39)21-26-22-35-31-12-8-7-11-30(26)31/h7-8,11-20,22,27,33,35H,4-6,9-10,21,23H2,1-3H3,(H,36,40)/t33-/m0/s1. The number of nitrogens with zero attached hydrogens (tertiary/aromatic N) is 2. The number of H-pyrrole nitrogens is 1. The summed E-state index contributed by atoms with van der Waals surface area (Å²) in [5.74, 6) is 0.512. The van der Waals surface area contributed by atoms with Gasteiger partial charge in [0.1, 0.15) is 11.8 Å². The van der Waals surface area contributed by atoms with Crippen LogP contribution < -0.4 is 15.0 Å². The van der Waals surface area contributed by atoms with E-state index in [2.05, 4.69) is 10.3 Å². The normalized spacial score (nSPS) is 14.4. The maximum atomic E-state index is 14.3. The summed E-state index contributed by atoms with van der Waals surface area (Å²) in [7, 11) is 5.61. The molecule has 41 heavy (non-hydrogen) atoms. The van der Waals surface area contributed by atoms with Crippen molar-refractivity contribution < 1.29 is 14.3 Å². The Kier molecular flexibility index (Phi) is 8.92. The van der Waals surface area contributed by atoms with Crippen molar-refractivity contribution in [2.45, 2.75) is 57.2 Å². The Morgan fingerprint density at radius 3 is 2.34 bits per heavy atom. The average molecular weight is 553 g/mol. The summed E-state index contributed by atoms with van der Waals surface area (Å²) in [6.07, 6.45) is 7.46. The molecule has 1 aliphatic carbocycles. The Morgan fingerprint density at radius 2 is 1.66 bits per heavy atom. The molecule has 7 heteroatoms. The van der Waals surface area contributed by atoms with Gasteiger partial charge in [-0.05, 0) is 59.9 Å². The zero-order chi connectivity index (χ0) is 28.8. The summed E-state index contributed by atoms with van der Waals surface area (Å²) >= 11 is 0. The lowest BCUT2D eigenvalue weighted by Crippen LogP contribution is -2.47. The van der Waals surface area contributed by atoms with E-state index >= 15 is 0 Å². The molecule has 1 atom stereocenters. The van der Waals surface area contributed by atoms with Crippen LogP contribution in [-0.2, 0) is 22.6 Å². The van der Waals surface area contributed by atoms with Gasteiger partial charge in [-0.15, -0.1) is 0 Å². The number of hydrogen-bond donors (Lipinski definition) is 2. The van der Waals surface area contributed by atoms with Crippen LogP contribution in [0.1, 0.15) is 54.8 Å². The minimum atomic E-state index is -0.770. The lowest BCUT2D eigenvalue weighted by atomic mass is 9.94. The number of amides is 2. The van der Waals surface area contributed by atoms with E-state index in [1.54, 1.807) is 12.0 Å². The molecule has 1 aromatic heterocycles. The molecule has 3 aromatic carbocycles. The first kappa shape index (κ1) is 28.3. The van der Waals surface area contributed by atoms with Gasteiger partial charge in [-0.3, -0.25) is 9.59 Å². The Hall–Kier alpha value is -4.26. The molecule has 1 saturated carbocycles. The number of carbonyl (C=O) groups is 2. The van der Waals surface area contributed by atoms with Gasteiger partial charge in [0.2, 0.25) is 11.8 Å². The monoisotopic (exact) mass is 552 g/mol. The number of ether oxygens (including phenoxy) is 1. The van der Waals surface area contributed by atoms with Gasteiger partial charge in [0.25, 0.3) is 0 Å². The molecule has 2 amide bonds. The van der Waals surface area contributed by atoms with Crippen LogP contribution in [0.5, 0.6) is 5.75 Å². The molecule has 0 saturated heterocycles. The van der Waals surface area contributed by atoms with E-state index < -0.39 is 6.04 Å². The molecule has 0 radical (unpaired) electrons. The van der Waals surface area contributed by atoms with Crippen LogP contribution in [0, 0.1) is 0 Å². The minimum absolute atomic E-state index is 0.106. The Labute approximate surface area is 242 Å². The second-order valence-corrected chi connectivity index (χ2v) is 11.1. The van der Waals surface area contributed by atoms with Crippen molar-refractivity contribution in [3.63, 3.8) is 0 Å². The number of nitrogens with one attached hydrogen (secondary N) is 2. The fraction of sp³-hybridized carbons (Fsp3) is 0.353. The van der Waals surface area contributed by atoms with Crippen LogP contribution in [0.2, 0.25) is 0 Å². The highest BCUT2D eigenvalue weighted by atomic mass is 16.5. The molecule has 214 valence electrons. The molecule has 1 heterocycles. The van der Waals surface area contributed by atoms with Gasteiger partial charge in [0, 0.05) is 49.5 Å². The highest BCUT2D eigenvalue weighted by Crippen LogP contribution is 2.29. The molecular formula is C34H40N4O3. The highest BCUT2D eigenvalue weighted by Gasteiger charge is 2.33. The number of carbonyl (C=O) groups excluding carboxylic acids is 2. The first-order chi connectivity index (χ1) is 19.9. The lowest BCUT2D eigenvalue weighted by Gasteiger charge is -2.34. The van der Waals surface area contributed by atoms with E-state index in [9.17, 15) is 9.59 Å². The summed E-state index contributed by atoms with van der Waals surface area (Å²) in [6.45, 7) is 0.295. The van der Waals surface area contributed by atoms with Crippen LogP contribution in [-0.4, -0.2) is 48.9 Å². The van der Waals surface area contributed by atoms with E-state index in [-0.39, 0.29) is 24.3 Å². The third kappa shape index (κ3) is 6.73. The quantitative estimate of drug-likeness (QED) is 0.253. The third-order valence-electron chi connectivity index (χ3n) is 8.09. The third-order valence-corrected chi connectivity index (χ3v) is 8.09. The molecular weight excluding hydrogens is 512 g/mol. The van der Waals surface area contributed by atoms with Crippen molar-refractivity contribution in [3.8, 4) is 5.75 Å². The number of rotatable bonds is 10. The van der Waals surface area contributed by atoms with Crippen molar-refractivity contribution in [2.24, 2.45) is 0 Å². The number of aromatic amines is 1. The van der Waals surface area contributed by atoms with Gasteiger partial charge < -0.3 is 24.8 Å². The summed E-state index contributed by atoms with van der Waals surface area (Å²) in [6, 6.07) is 23.0. The fourth-order valence-electron chi connectivity index (χ4n) is 5.75. The smallest absolute Gasteiger partial charge is 0.247 e. The van der Waals surface area contributed by atoms with Gasteiger partial charge >= 0.3 is 0 Å². The predicted molar refractivity (Wildman–Crippen MR) is 164 cm³/mol. The van der Waals surface area contributed by atoms with Crippen LogP contribution in [0.15, 0.2) is 79.0 Å². The molecule has 0 bridgehead atoms. The van der Waals surface area contributed by atoms with Crippen molar-refractivity contribution in [3.05, 3.63) is 95.7 Å². The number of methoxy groups -OCH3 is 1. The van der Waals surface area contributed by atoms with Crippen molar-refractivity contribution in [2.75, 3.05) is 26.1 Å². The van der Waals surface area contributed by atoms with Gasteiger partial charge in [-0.1, -0.05) is 61.7 Å². The number of benzene rings is 3. The summed E-state index contributed by atoms with van der Waals surface area (Å²) in [5, 5.41) is 4.33. The average Bonchev–Trinajstić information content (AvgIpc) is 3.40. The molecule has 0 aliphatic heterocycles. The van der Waals surface area contributed by atoms with Gasteiger partial charge in [-0.2, -0.15) is 0 Å². The molecule has 1 aliphatic rings. The number of para-hydroxylation sites is 1. The fourth-order valence-corrected chi connectivity index (χ4v) is 5.75. The van der Waals surface area contributed by atoms with Gasteiger partial charge in [-0.25, -0.2) is 0 Å². The maximum Gasteiger partial charge on any atom is 0.247 e. The number of anilines is 1. The second-order valence-electron chi connectivity index (χ2n) is 11.1. The SMILES string of the molecule is COc1ccc(CN(C(=O)Cc2c[nH]c3ccccc23)[C@H](C(=O)NC2CCCCC2)c2ccc(N(C)C)cc2)cc1. The van der Waals surface area contributed by atoms with E-state index in [0.717, 1.165) is 64.7 Å². The second kappa shape index (κ2) is 12.9. The maximum absolute atomic E-state index is 14.3. The highest BCUT2D eigenvalue weighted by molar-refractivity contribution is 5.92. The molecule has 5 rings (SSSR count). The van der Waals surface area contributed by atoms with Gasteiger partial charge in [0.05, 0.1) is 13.5 Å². The van der Waals surface area contributed by atoms with Crippen LogP contribution in [0.3, 0.4) is 0 Å². The zero-order valence-electron chi connectivity index (χ0n) is 24.2. The summed E-state index contributed by atoms with van der Waals surface area (Å²) in [4.78, 5) is 35.5. The van der Waals surface area contributed by atoms with Crippen LogP contribution in [0.25, 0.3) is 10.9 Å². The molecule has 4 aromatic rings. The first-order valence-electron chi connectivity index (χ1n) is 14.5. The minimum Gasteiger partial charge on any atom is -0.497 e. The number of aromatic nitrogens is 1. The molecule has 0 spiro atoms. The van der Waals surface area contributed by atoms with E-state index in [0.29, 0.717) is 6.54 Å². The number of fused-ring (bicyclic) bond motifs is 1. The van der Waals surface area contributed by atoms with Crippen molar-refractivity contribution in [1.29, 1.82) is 0 Å². The summed E-state index contributed by atoms with van der Waals surface area (Å²) in [5.41, 5.74) is 4.66. The lowest BCUT2D eigenvalue weighted by molar-refractivity contribution is -0.141. The predicted octanol–water partition coefficient (Wildman–Crippen LogP) is 6.00. The Morgan fingerprint density at radius 1 is 0.951 bits per heavy atom. The first-order valence-corrected chi connectivity index (χ1v) is 14.5. The Bertz CT molecular complexity index is 1450. The molecule has 7 nitrogen and oxygen atoms in total. The van der Waals surface area contributed by atoms with Crippen molar-refractivity contribution in [1.82, 2.24) is 15.2 Å². The largest absolute Gasteiger partial charge is 0.497 e. The summed E-state index contributed by atoms with van der Waals surface area (Å²) < 4.78 is 5.35. The molecule has 2 N–H and O–H groups in total. The molecule has 0 unspecified atom stereocenters. The van der Waals surface area contributed by atoms with E-state index in [4.69, 9.17) is 4.74 Å². The van der Waals surface area contributed by atoms with Crippen LogP contribution in [0.4, 0.5) is 5.69 Å². The van der Waals surface area contributed by atoms with E-state index in [1.807, 2.05) is 98.0 Å². The topological polar surface area (TPSA) is 77.7 Å². The van der Waals surface area contributed by atoms with Gasteiger partial charge in [0.15, 0.2) is 0 Å². The number of hydrogen-bond acceptors (Lipinski definition) is 4. The zero-order valence-corrected chi connectivity index (χ0v) is 24.2. The van der Waals surface area contributed by atoms with Crippen LogP contribution >= 0.6 is 0 Å². The molecule has 1 fully saturated rings. The Balaban J connectivity index is 1.52.